The Morgan fingerprint density at radius 1 is 1.19 bits per heavy atom. The van der Waals surface area contributed by atoms with Gasteiger partial charge < -0.3 is 0 Å². The molecule has 1 aromatic carbocycles. The third-order valence-electron chi connectivity index (χ3n) is 3.64. The quantitative estimate of drug-likeness (QED) is 0.501. The van der Waals surface area contributed by atoms with E-state index in [0.717, 1.165) is 17.8 Å². The van der Waals surface area contributed by atoms with Crippen molar-refractivity contribution in [1.82, 2.24) is 4.98 Å². The van der Waals surface area contributed by atoms with Crippen LogP contribution in [0.4, 0.5) is 23.2 Å². The van der Waals surface area contributed by atoms with Crippen molar-refractivity contribution in [2.45, 2.75) is 22.9 Å². The Bertz CT molecular complexity index is 939. The second-order valence-corrected chi connectivity index (χ2v) is 7.52. The number of benzene rings is 1. The maximum absolute atomic E-state index is 14.0. The molecule has 1 atom stereocenters. The molecule has 4 nitrogen and oxygen atoms in total. The molecule has 0 N–H and O–H groups in total. The van der Waals surface area contributed by atoms with Crippen LogP contribution in [-0.2, 0) is 15.8 Å². The molecule has 1 aromatic heterocycles. The first-order chi connectivity index (χ1) is 12.6. The third-order valence-corrected chi connectivity index (χ3v) is 5.48. The number of hydrogen-bond donors (Lipinski definition) is 0. The molecule has 1 fully saturated rings. The van der Waals surface area contributed by atoms with Gasteiger partial charge in [0.2, 0.25) is 11.8 Å². The second-order valence-electron chi connectivity index (χ2n) is 5.48. The first kappa shape index (κ1) is 19.9. The molecular weight excluding hydrogens is 431 g/mol. The monoisotopic (exact) mass is 438 g/mol. The molecule has 0 saturated carbocycles. The van der Waals surface area contributed by atoms with Gasteiger partial charge in [-0.1, -0.05) is 35.0 Å². The fourth-order valence-corrected chi connectivity index (χ4v) is 3.86. The number of carbonyl (C=O) groups is 2. The van der Waals surface area contributed by atoms with E-state index >= 15 is 0 Å². The number of amides is 2. The lowest BCUT2D eigenvalue weighted by atomic mass is 10.3. The van der Waals surface area contributed by atoms with Crippen LogP contribution in [-0.4, -0.2) is 22.0 Å². The largest absolute Gasteiger partial charge is 0.417 e. The van der Waals surface area contributed by atoms with Crippen molar-refractivity contribution in [3.05, 3.63) is 51.9 Å². The van der Waals surface area contributed by atoms with Gasteiger partial charge in [0.1, 0.15) is 10.8 Å². The van der Waals surface area contributed by atoms with E-state index < -0.39 is 34.6 Å². The Balaban J connectivity index is 1.84. The molecule has 1 saturated heterocycles. The average Bonchev–Trinajstić information content (AvgIpc) is 2.83. The van der Waals surface area contributed by atoms with Crippen LogP contribution in [0.1, 0.15) is 12.0 Å². The zero-order valence-corrected chi connectivity index (χ0v) is 15.4. The summed E-state index contributed by atoms with van der Waals surface area (Å²) in [4.78, 5) is 29.0. The van der Waals surface area contributed by atoms with Gasteiger partial charge in [0.25, 0.3) is 0 Å². The van der Waals surface area contributed by atoms with Gasteiger partial charge in [0.15, 0.2) is 0 Å². The fourth-order valence-electron chi connectivity index (χ4n) is 2.41. The van der Waals surface area contributed by atoms with Crippen LogP contribution in [0, 0.1) is 5.82 Å². The van der Waals surface area contributed by atoms with Crippen LogP contribution in [0.5, 0.6) is 0 Å². The van der Waals surface area contributed by atoms with Gasteiger partial charge in [0, 0.05) is 17.6 Å². The normalized spacial score (nSPS) is 17.7. The van der Waals surface area contributed by atoms with Crippen LogP contribution in [0.2, 0.25) is 10.0 Å². The Kier molecular flexibility index (Phi) is 5.38. The SMILES string of the molecule is O=C1C[C@@H](Sc2ncc(C(F)(F)F)cc2Cl)C(=O)N1c1ccc(Cl)cc1F. The molecule has 0 aliphatic carbocycles. The summed E-state index contributed by atoms with van der Waals surface area (Å²) in [6.07, 6.45) is -4.29. The molecule has 1 aliphatic rings. The van der Waals surface area contributed by atoms with Crippen LogP contribution >= 0.6 is 35.0 Å². The summed E-state index contributed by atoms with van der Waals surface area (Å²) < 4.78 is 52.0. The minimum atomic E-state index is -4.61. The molecular formula is C16H8Cl2F4N2O2S. The minimum absolute atomic E-state index is 0.0331. The van der Waals surface area contributed by atoms with E-state index in [-0.39, 0.29) is 27.2 Å². The Morgan fingerprint density at radius 3 is 2.48 bits per heavy atom. The fraction of sp³-hybridized carbons (Fsp3) is 0.188. The molecule has 2 heterocycles. The van der Waals surface area contributed by atoms with E-state index in [9.17, 15) is 27.2 Å². The van der Waals surface area contributed by atoms with Crippen molar-refractivity contribution in [3.8, 4) is 0 Å². The maximum atomic E-state index is 14.0. The van der Waals surface area contributed by atoms with E-state index in [4.69, 9.17) is 23.2 Å². The molecule has 0 unspecified atom stereocenters. The molecule has 11 heteroatoms. The molecule has 2 amide bonds. The predicted molar refractivity (Wildman–Crippen MR) is 92.4 cm³/mol. The second kappa shape index (κ2) is 7.29. The Morgan fingerprint density at radius 2 is 1.89 bits per heavy atom. The molecule has 27 heavy (non-hydrogen) atoms. The standard InChI is InChI=1S/C16H8Cl2F4N2O2S/c17-8-1-2-11(10(19)4-8)24-13(25)5-12(15(24)26)27-14-9(18)3-7(6-23-14)16(20,21)22/h1-4,6,12H,5H2/t12-/m1/s1. The molecule has 0 bridgehead atoms. The third kappa shape index (κ3) is 4.04. The first-order valence-corrected chi connectivity index (χ1v) is 8.92. The number of halogens is 6. The minimum Gasteiger partial charge on any atom is -0.274 e. The van der Waals surface area contributed by atoms with E-state index in [1.54, 1.807) is 0 Å². The van der Waals surface area contributed by atoms with Crippen molar-refractivity contribution < 1.29 is 27.2 Å². The van der Waals surface area contributed by atoms with Gasteiger partial charge in [-0.15, -0.1) is 0 Å². The molecule has 0 radical (unpaired) electrons. The van der Waals surface area contributed by atoms with Gasteiger partial charge in [-0.3, -0.25) is 9.59 Å². The van der Waals surface area contributed by atoms with Crippen LogP contribution < -0.4 is 4.90 Å². The number of hydrogen-bond acceptors (Lipinski definition) is 4. The van der Waals surface area contributed by atoms with Crippen molar-refractivity contribution >= 4 is 52.5 Å². The Labute approximate surface area is 164 Å². The number of thioether (sulfide) groups is 1. The average molecular weight is 439 g/mol. The zero-order valence-electron chi connectivity index (χ0n) is 13.1. The highest BCUT2D eigenvalue weighted by atomic mass is 35.5. The zero-order chi connectivity index (χ0) is 19.9. The highest BCUT2D eigenvalue weighted by Gasteiger charge is 2.42. The molecule has 142 valence electrons. The molecule has 1 aliphatic heterocycles. The van der Waals surface area contributed by atoms with Crippen molar-refractivity contribution in [3.63, 3.8) is 0 Å². The van der Waals surface area contributed by atoms with Gasteiger partial charge in [-0.25, -0.2) is 14.3 Å². The number of aromatic nitrogens is 1. The van der Waals surface area contributed by atoms with E-state index in [2.05, 4.69) is 4.98 Å². The summed E-state index contributed by atoms with van der Waals surface area (Å²) >= 11 is 12.2. The van der Waals surface area contributed by atoms with Crippen molar-refractivity contribution in [2.24, 2.45) is 0 Å². The summed E-state index contributed by atoms with van der Waals surface area (Å²) in [7, 11) is 0. The maximum Gasteiger partial charge on any atom is 0.417 e. The summed E-state index contributed by atoms with van der Waals surface area (Å²) in [5.74, 6) is -2.22. The van der Waals surface area contributed by atoms with Crippen molar-refractivity contribution in [2.75, 3.05) is 4.90 Å². The predicted octanol–water partition coefficient (Wildman–Crippen LogP) is 4.97. The van der Waals surface area contributed by atoms with Crippen LogP contribution in [0.15, 0.2) is 35.5 Å². The first-order valence-electron chi connectivity index (χ1n) is 7.29. The number of nitrogens with zero attached hydrogens (tertiary/aromatic N) is 2. The lowest BCUT2D eigenvalue weighted by Gasteiger charge is -2.16. The lowest BCUT2D eigenvalue weighted by Crippen LogP contribution is -2.31. The van der Waals surface area contributed by atoms with Crippen LogP contribution in [0.25, 0.3) is 0 Å². The van der Waals surface area contributed by atoms with E-state index in [1.807, 2.05) is 0 Å². The van der Waals surface area contributed by atoms with Crippen molar-refractivity contribution in [1.29, 1.82) is 0 Å². The highest BCUT2D eigenvalue weighted by Crippen LogP contribution is 2.39. The lowest BCUT2D eigenvalue weighted by molar-refractivity contribution is -0.138. The Hall–Kier alpha value is -1.84. The molecule has 3 rings (SSSR count). The van der Waals surface area contributed by atoms with Gasteiger partial charge in [-0.2, -0.15) is 13.2 Å². The topological polar surface area (TPSA) is 50.3 Å². The highest BCUT2D eigenvalue weighted by molar-refractivity contribution is 8.00. The summed E-state index contributed by atoms with van der Waals surface area (Å²) in [5, 5.41) is -1.23. The van der Waals surface area contributed by atoms with Crippen LogP contribution in [0.3, 0.4) is 0 Å². The number of imide groups is 1. The number of alkyl halides is 3. The smallest absolute Gasteiger partial charge is 0.274 e. The number of anilines is 1. The number of pyridine rings is 1. The summed E-state index contributed by atoms with van der Waals surface area (Å²) in [6, 6.07) is 4.18. The molecule has 0 spiro atoms. The van der Waals surface area contributed by atoms with Gasteiger partial charge in [-0.05, 0) is 24.3 Å². The van der Waals surface area contributed by atoms with E-state index in [1.165, 1.54) is 12.1 Å². The summed E-state index contributed by atoms with van der Waals surface area (Å²) in [5.41, 5.74) is -1.28. The van der Waals surface area contributed by atoms with E-state index in [0.29, 0.717) is 17.2 Å². The van der Waals surface area contributed by atoms with Gasteiger partial charge in [0.05, 0.1) is 21.5 Å². The number of rotatable bonds is 3. The molecule has 2 aromatic rings. The number of carbonyl (C=O) groups excluding carboxylic acids is 2. The summed E-state index contributed by atoms with van der Waals surface area (Å²) in [6.45, 7) is 0. The van der Waals surface area contributed by atoms with Gasteiger partial charge >= 0.3 is 6.18 Å².